The standard InChI is InChI=1S/C47H52FN7O7/c1-5-54(34-14-20-62-21-15-34)39-24-32(23-36(29(39)4)43(57)49-25-37-27(2)22-28(3)50-44(37)58)30-6-9-33(10-7-30)53-18-16-52(17-19-53)26-31-8-11-35-41(42(31)48)47(61)55(46(35)60)38-12-13-40(56)51-45(38)59/h6-11,22-24,34,38H,5,12-21,25-26H2,1-4H3,(H,49,57)(H,50,58)(H,51,56,59). The van der Waals surface area contributed by atoms with Gasteiger partial charge in [0.1, 0.15) is 11.9 Å². The number of H-pyrrole nitrogens is 1. The first-order chi connectivity index (χ1) is 29.8. The quantitative estimate of drug-likeness (QED) is 0.179. The van der Waals surface area contributed by atoms with Crippen LogP contribution in [0.3, 0.4) is 0 Å². The number of anilines is 2. The number of hydrogen-bond donors (Lipinski definition) is 3. The van der Waals surface area contributed by atoms with Gasteiger partial charge in [0.2, 0.25) is 11.8 Å². The van der Waals surface area contributed by atoms with Gasteiger partial charge < -0.3 is 24.8 Å². The van der Waals surface area contributed by atoms with Gasteiger partial charge in [0.15, 0.2) is 0 Å². The Morgan fingerprint density at radius 2 is 1.61 bits per heavy atom. The molecule has 0 radical (unpaired) electrons. The molecule has 3 saturated heterocycles. The molecule has 5 heterocycles. The van der Waals surface area contributed by atoms with Crippen LogP contribution in [0.1, 0.15) is 91.6 Å². The minimum atomic E-state index is -1.16. The van der Waals surface area contributed by atoms with Gasteiger partial charge in [-0.05, 0) is 106 Å². The zero-order valence-electron chi connectivity index (χ0n) is 35.6. The maximum absolute atomic E-state index is 16.0. The minimum Gasteiger partial charge on any atom is -0.381 e. The Bertz CT molecular complexity index is 2510. The maximum Gasteiger partial charge on any atom is 0.265 e. The SMILES string of the molecule is CCN(c1cc(-c2ccc(N3CCN(Cc4ccc5c(c4F)C(=O)N(C4CCC(=O)NC4=O)C5=O)CC3)cc2)cc(C(=O)NCc2c(C)cc(C)[nH]c2=O)c1C)C1CCOCC1. The maximum atomic E-state index is 16.0. The number of nitrogens with zero attached hydrogens (tertiary/aromatic N) is 4. The van der Waals surface area contributed by atoms with E-state index in [1.807, 2.05) is 32.9 Å². The Morgan fingerprint density at radius 1 is 0.887 bits per heavy atom. The lowest BCUT2D eigenvalue weighted by Gasteiger charge is -2.37. The van der Waals surface area contributed by atoms with Gasteiger partial charge in [-0.3, -0.25) is 43.9 Å². The molecule has 3 N–H and O–H groups in total. The van der Waals surface area contributed by atoms with Crippen LogP contribution < -0.4 is 26.0 Å². The molecule has 1 atom stereocenters. The number of rotatable bonds is 11. The summed E-state index contributed by atoms with van der Waals surface area (Å²) < 4.78 is 21.6. The van der Waals surface area contributed by atoms with Crippen molar-refractivity contribution in [3.8, 4) is 11.1 Å². The summed E-state index contributed by atoms with van der Waals surface area (Å²) in [4.78, 5) is 87.7. The Morgan fingerprint density at radius 3 is 2.29 bits per heavy atom. The topological polar surface area (TPSA) is 164 Å². The van der Waals surface area contributed by atoms with Crippen LogP contribution in [-0.4, -0.2) is 102 Å². The summed E-state index contributed by atoms with van der Waals surface area (Å²) in [6, 6.07) is 16.4. The molecule has 14 nitrogen and oxygen atoms in total. The number of fused-ring (bicyclic) bond motifs is 1. The molecule has 4 aliphatic rings. The molecular weight excluding hydrogens is 794 g/mol. The molecule has 4 aromatic rings. The summed E-state index contributed by atoms with van der Waals surface area (Å²) in [5.41, 5.74) is 7.07. The van der Waals surface area contributed by atoms with Crippen LogP contribution >= 0.6 is 0 Å². The Balaban J connectivity index is 0.967. The number of piperazine rings is 1. The highest BCUT2D eigenvalue weighted by molar-refractivity contribution is 6.23. The first-order valence-electron chi connectivity index (χ1n) is 21.4. The van der Waals surface area contributed by atoms with Crippen molar-refractivity contribution in [1.29, 1.82) is 0 Å². The summed E-state index contributed by atoms with van der Waals surface area (Å²) >= 11 is 0. The van der Waals surface area contributed by atoms with E-state index >= 15 is 4.39 Å². The van der Waals surface area contributed by atoms with Crippen LogP contribution in [0, 0.1) is 26.6 Å². The lowest BCUT2D eigenvalue weighted by Crippen LogP contribution is -2.54. The lowest BCUT2D eigenvalue weighted by molar-refractivity contribution is -0.136. The molecule has 0 bridgehead atoms. The number of aromatic amines is 1. The second-order valence-electron chi connectivity index (χ2n) is 16.6. The minimum absolute atomic E-state index is 0.00119. The van der Waals surface area contributed by atoms with Crippen molar-refractivity contribution in [2.24, 2.45) is 0 Å². The third-order valence-corrected chi connectivity index (χ3v) is 12.8. The fourth-order valence-electron chi connectivity index (χ4n) is 9.34. The van der Waals surface area contributed by atoms with Crippen molar-refractivity contribution in [1.82, 2.24) is 25.4 Å². The number of hydrogen-bond acceptors (Lipinski definition) is 10. The Kier molecular flexibility index (Phi) is 12.1. The molecule has 0 aliphatic carbocycles. The van der Waals surface area contributed by atoms with Crippen molar-refractivity contribution in [3.05, 3.63) is 115 Å². The van der Waals surface area contributed by atoms with Crippen molar-refractivity contribution in [3.63, 3.8) is 0 Å². The fourth-order valence-corrected chi connectivity index (χ4v) is 9.34. The summed E-state index contributed by atoms with van der Waals surface area (Å²) in [6.45, 7) is 12.9. The Hall–Kier alpha value is -6.19. The molecule has 62 heavy (non-hydrogen) atoms. The number of aryl methyl sites for hydroxylation is 2. The van der Waals surface area contributed by atoms with Crippen molar-refractivity contribution >= 4 is 40.9 Å². The molecule has 0 spiro atoms. The van der Waals surface area contributed by atoms with E-state index in [-0.39, 0.29) is 60.1 Å². The van der Waals surface area contributed by atoms with Gasteiger partial charge in [0.25, 0.3) is 23.3 Å². The zero-order chi connectivity index (χ0) is 43.8. The molecule has 4 aliphatic heterocycles. The highest BCUT2D eigenvalue weighted by Gasteiger charge is 2.46. The van der Waals surface area contributed by atoms with Crippen LogP contribution in [0.15, 0.2) is 59.4 Å². The van der Waals surface area contributed by atoms with E-state index in [0.717, 1.165) is 63.6 Å². The summed E-state index contributed by atoms with van der Waals surface area (Å²) in [7, 11) is 0. The van der Waals surface area contributed by atoms with E-state index in [1.165, 1.54) is 12.1 Å². The van der Waals surface area contributed by atoms with Gasteiger partial charge in [-0.1, -0.05) is 18.2 Å². The number of pyridine rings is 1. The van der Waals surface area contributed by atoms with Crippen molar-refractivity contribution < 1.29 is 33.1 Å². The number of carbonyl (C=O) groups is 5. The number of halogens is 1. The molecule has 15 heteroatoms. The van der Waals surface area contributed by atoms with Crippen LogP contribution in [0.25, 0.3) is 11.1 Å². The predicted molar refractivity (Wildman–Crippen MR) is 232 cm³/mol. The van der Waals surface area contributed by atoms with Crippen molar-refractivity contribution in [2.75, 3.05) is 55.7 Å². The molecular formula is C47H52FN7O7. The second kappa shape index (κ2) is 17.7. The molecule has 3 fully saturated rings. The number of imide groups is 2. The smallest absolute Gasteiger partial charge is 0.265 e. The third kappa shape index (κ3) is 8.26. The van der Waals surface area contributed by atoms with Gasteiger partial charge in [-0.25, -0.2) is 4.39 Å². The van der Waals surface area contributed by atoms with E-state index < -0.39 is 35.5 Å². The molecule has 3 aromatic carbocycles. The van der Waals surface area contributed by atoms with E-state index in [1.54, 1.807) is 0 Å². The number of aromatic nitrogens is 1. The van der Waals surface area contributed by atoms with E-state index in [9.17, 15) is 28.8 Å². The molecule has 324 valence electrons. The molecule has 5 amide bonds. The number of piperidine rings is 1. The number of benzene rings is 3. The van der Waals surface area contributed by atoms with E-state index in [4.69, 9.17) is 4.74 Å². The molecule has 8 rings (SSSR count). The monoisotopic (exact) mass is 845 g/mol. The summed E-state index contributed by atoms with van der Waals surface area (Å²) in [6.07, 6.45) is 1.77. The van der Waals surface area contributed by atoms with Gasteiger partial charge in [-0.2, -0.15) is 0 Å². The fraction of sp³-hybridized carbons (Fsp3) is 0.404. The van der Waals surface area contributed by atoms with Crippen LogP contribution in [-0.2, 0) is 27.4 Å². The largest absolute Gasteiger partial charge is 0.381 e. The average Bonchev–Trinajstić information content (AvgIpc) is 3.51. The predicted octanol–water partition coefficient (Wildman–Crippen LogP) is 4.76. The highest BCUT2D eigenvalue weighted by atomic mass is 19.1. The van der Waals surface area contributed by atoms with Crippen LogP contribution in [0.4, 0.5) is 15.8 Å². The second-order valence-corrected chi connectivity index (χ2v) is 16.6. The number of carbonyl (C=O) groups excluding carboxylic acids is 5. The van der Waals surface area contributed by atoms with E-state index in [0.29, 0.717) is 50.5 Å². The number of ether oxygens (including phenoxy) is 1. The van der Waals surface area contributed by atoms with Crippen molar-refractivity contribution in [2.45, 2.75) is 78.6 Å². The highest BCUT2D eigenvalue weighted by Crippen LogP contribution is 2.36. The summed E-state index contributed by atoms with van der Waals surface area (Å²) in [5, 5.41) is 5.19. The Labute approximate surface area is 359 Å². The van der Waals surface area contributed by atoms with Gasteiger partial charge in [0.05, 0.1) is 11.1 Å². The first-order valence-corrected chi connectivity index (χ1v) is 21.4. The third-order valence-electron chi connectivity index (χ3n) is 12.8. The molecule has 1 unspecified atom stereocenters. The van der Waals surface area contributed by atoms with Gasteiger partial charge in [0, 0.05) is 105 Å². The van der Waals surface area contributed by atoms with Crippen LogP contribution in [0.5, 0.6) is 0 Å². The van der Waals surface area contributed by atoms with Gasteiger partial charge in [-0.15, -0.1) is 0 Å². The average molecular weight is 846 g/mol. The first kappa shape index (κ1) is 42.5. The molecule has 0 saturated carbocycles. The number of nitrogens with one attached hydrogen (secondary N) is 3. The zero-order valence-corrected chi connectivity index (χ0v) is 35.6. The van der Waals surface area contributed by atoms with Gasteiger partial charge >= 0.3 is 0 Å². The number of amides is 5. The normalized spacial score (nSPS) is 18.6. The van der Waals surface area contributed by atoms with Crippen LogP contribution in [0.2, 0.25) is 0 Å². The van der Waals surface area contributed by atoms with E-state index in [2.05, 4.69) is 67.6 Å². The molecule has 1 aromatic heterocycles. The summed E-state index contributed by atoms with van der Waals surface area (Å²) in [5.74, 6) is -3.83. The lowest BCUT2D eigenvalue weighted by atomic mass is 9.95.